The van der Waals surface area contributed by atoms with Crippen LogP contribution in [0, 0.1) is 0 Å². The van der Waals surface area contributed by atoms with Crippen LogP contribution in [0.1, 0.15) is 13.3 Å². The molecule has 1 rings (SSSR count). The van der Waals surface area contributed by atoms with E-state index in [0.717, 1.165) is 6.42 Å². The fraction of sp³-hybridized carbons (Fsp3) is 0.500. The zero-order valence-electron chi connectivity index (χ0n) is 4.73. The van der Waals surface area contributed by atoms with Gasteiger partial charge < -0.3 is 0 Å². The second-order valence-corrected chi connectivity index (χ2v) is 1.66. The molecule has 1 nitrogen and oxygen atoms in total. The predicted molar refractivity (Wildman–Crippen MR) is 31.7 cm³/mol. The monoisotopic (exact) mass is 95.1 g/mol. The lowest BCUT2D eigenvalue weighted by Gasteiger charge is -1.62. The van der Waals surface area contributed by atoms with Crippen molar-refractivity contribution in [3.8, 4) is 0 Å². The summed E-state index contributed by atoms with van der Waals surface area (Å²) in [5, 5.41) is 0. The van der Waals surface area contributed by atoms with Crippen molar-refractivity contribution in [3.05, 3.63) is 11.6 Å². The van der Waals surface area contributed by atoms with Gasteiger partial charge >= 0.3 is 0 Å². The van der Waals surface area contributed by atoms with Gasteiger partial charge in [0.1, 0.15) is 0 Å². The predicted octanol–water partition coefficient (Wildman–Crippen LogP) is 1.41. The fourth-order valence-corrected chi connectivity index (χ4v) is 0.628. The summed E-state index contributed by atoms with van der Waals surface area (Å²) < 4.78 is 0. The first-order valence-electron chi connectivity index (χ1n) is 2.49. The summed E-state index contributed by atoms with van der Waals surface area (Å²) in [5.41, 5.74) is 2.70. The highest BCUT2D eigenvalue weighted by Crippen LogP contribution is 2.23. The summed E-state index contributed by atoms with van der Waals surface area (Å²) in [6, 6.07) is 0. The topological polar surface area (TPSA) is 12.4 Å². The van der Waals surface area contributed by atoms with Crippen LogP contribution in [0.5, 0.6) is 0 Å². The number of aliphatic imine (C=N–C) groups is 1. The van der Waals surface area contributed by atoms with Crippen LogP contribution in [0.2, 0.25) is 0 Å². The summed E-state index contributed by atoms with van der Waals surface area (Å²) in [4.78, 5) is 4.00. The maximum absolute atomic E-state index is 4.00. The lowest BCUT2D eigenvalue weighted by molar-refractivity contribution is 1.46. The molecule has 0 radical (unpaired) electrons. The van der Waals surface area contributed by atoms with E-state index in [9.17, 15) is 0 Å². The summed E-state index contributed by atoms with van der Waals surface area (Å²) in [6.45, 7) is 2.05. The van der Waals surface area contributed by atoms with Gasteiger partial charge in [0.05, 0.1) is 0 Å². The Bertz CT molecular complexity index is 115. The van der Waals surface area contributed by atoms with E-state index < -0.39 is 0 Å². The van der Waals surface area contributed by atoms with E-state index in [-0.39, 0.29) is 0 Å². The van der Waals surface area contributed by atoms with Crippen molar-refractivity contribution in [1.82, 2.24) is 0 Å². The summed E-state index contributed by atoms with van der Waals surface area (Å²) >= 11 is 0. The lowest BCUT2D eigenvalue weighted by Crippen LogP contribution is -1.58. The van der Waals surface area contributed by atoms with Crippen LogP contribution in [-0.2, 0) is 0 Å². The van der Waals surface area contributed by atoms with Crippen LogP contribution < -0.4 is 0 Å². The maximum atomic E-state index is 4.00. The van der Waals surface area contributed by atoms with Gasteiger partial charge in [0.25, 0.3) is 0 Å². The van der Waals surface area contributed by atoms with Crippen LogP contribution in [-0.4, -0.2) is 12.8 Å². The molecule has 7 heavy (non-hydrogen) atoms. The second kappa shape index (κ2) is 1.49. The minimum Gasteiger partial charge on any atom is -0.292 e. The average Bonchev–Trinajstić information content (AvgIpc) is 2.43. The molecular formula is C6H9N. The molecule has 1 saturated carbocycles. The van der Waals surface area contributed by atoms with Gasteiger partial charge in [-0.2, -0.15) is 0 Å². The third-order valence-corrected chi connectivity index (χ3v) is 1.22. The molecule has 0 aromatic carbocycles. The van der Waals surface area contributed by atoms with Gasteiger partial charge in [0.2, 0.25) is 0 Å². The molecular weight excluding hydrogens is 86.1 g/mol. The van der Waals surface area contributed by atoms with Crippen LogP contribution in [0.4, 0.5) is 0 Å². The van der Waals surface area contributed by atoms with Crippen molar-refractivity contribution in [2.24, 2.45) is 4.99 Å². The normalized spacial score (nSPS) is 29.4. The molecule has 0 bridgehead atoms. The Kier molecular flexibility index (Phi) is 0.970. The molecule has 0 saturated heterocycles. The zero-order chi connectivity index (χ0) is 5.28. The average molecular weight is 95.1 g/mol. The highest BCUT2D eigenvalue weighted by atomic mass is 14.7. The molecule has 0 aliphatic heterocycles. The Hall–Kier alpha value is -0.590. The van der Waals surface area contributed by atoms with Crippen molar-refractivity contribution in [2.45, 2.75) is 13.3 Å². The van der Waals surface area contributed by atoms with Crippen LogP contribution in [0.15, 0.2) is 16.6 Å². The Morgan fingerprint density at radius 1 is 1.71 bits per heavy atom. The Morgan fingerprint density at radius 3 is 2.57 bits per heavy atom. The van der Waals surface area contributed by atoms with Gasteiger partial charge in [-0.3, -0.25) is 4.99 Å². The minimum atomic E-state index is 1.13. The van der Waals surface area contributed by atoms with Crippen LogP contribution >= 0.6 is 0 Å². The van der Waals surface area contributed by atoms with Crippen molar-refractivity contribution < 1.29 is 0 Å². The molecule has 0 heterocycles. The Balaban J connectivity index is 2.62. The molecule has 1 aliphatic rings. The van der Waals surface area contributed by atoms with Crippen LogP contribution in [0.25, 0.3) is 0 Å². The first kappa shape index (κ1) is 4.57. The summed E-state index contributed by atoms with van der Waals surface area (Å²) in [6.07, 6.45) is 3.25. The van der Waals surface area contributed by atoms with E-state index in [4.69, 9.17) is 0 Å². The third kappa shape index (κ3) is 0.710. The van der Waals surface area contributed by atoms with Crippen LogP contribution in [0.3, 0.4) is 0 Å². The third-order valence-electron chi connectivity index (χ3n) is 1.22. The van der Waals surface area contributed by atoms with Gasteiger partial charge in [-0.05, 0) is 12.5 Å². The molecule has 0 N–H and O–H groups in total. The molecule has 0 aromatic rings. The van der Waals surface area contributed by atoms with E-state index in [2.05, 4.69) is 11.1 Å². The number of allylic oxidation sites excluding steroid dienone is 2. The van der Waals surface area contributed by atoms with Crippen molar-refractivity contribution >= 4 is 5.71 Å². The van der Waals surface area contributed by atoms with Crippen molar-refractivity contribution in [2.75, 3.05) is 7.05 Å². The fourth-order valence-electron chi connectivity index (χ4n) is 0.628. The smallest absolute Gasteiger partial charge is 0.0421 e. The number of hydrogen-bond acceptors (Lipinski definition) is 1. The first-order valence-corrected chi connectivity index (χ1v) is 2.49. The Morgan fingerprint density at radius 2 is 2.43 bits per heavy atom. The SMILES string of the molecule is C/C=C1/CC1=NC. The molecule has 0 atom stereocenters. The van der Waals surface area contributed by atoms with E-state index in [1.165, 1.54) is 11.3 Å². The van der Waals surface area contributed by atoms with Crippen molar-refractivity contribution in [3.63, 3.8) is 0 Å². The number of rotatable bonds is 0. The van der Waals surface area contributed by atoms with Gasteiger partial charge in [-0.15, -0.1) is 0 Å². The highest BCUT2D eigenvalue weighted by Gasteiger charge is 2.19. The van der Waals surface area contributed by atoms with Gasteiger partial charge in [-0.1, -0.05) is 6.08 Å². The number of hydrogen-bond donors (Lipinski definition) is 0. The second-order valence-electron chi connectivity index (χ2n) is 1.66. The molecule has 0 unspecified atom stereocenters. The summed E-state index contributed by atoms with van der Waals surface area (Å²) in [7, 11) is 1.84. The van der Waals surface area contributed by atoms with E-state index in [1.54, 1.807) is 0 Å². The van der Waals surface area contributed by atoms with Gasteiger partial charge in [-0.25, -0.2) is 0 Å². The standard InChI is InChI=1S/C6H9N/c1-3-5-4-6(5)7-2/h3H,4H2,1-2H3/b5-3-,7-6?. The molecule has 0 aromatic heterocycles. The zero-order valence-corrected chi connectivity index (χ0v) is 4.73. The van der Waals surface area contributed by atoms with E-state index >= 15 is 0 Å². The minimum absolute atomic E-state index is 1.13. The summed E-state index contributed by atoms with van der Waals surface area (Å²) in [5.74, 6) is 0. The molecule has 1 fully saturated rings. The first-order chi connectivity index (χ1) is 3.38. The van der Waals surface area contributed by atoms with Gasteiger partial charge in [0, 0.05) is 19.2 Å². The Labute approximate surface area is 43.8 Å². The van der Waals surface area contributed by atoms with Gasteiger partial charge in [0.15, 0.2) is 0 Å². The quantitative estimate of drug-likeness (QED) is 0.431. The highest BCUT2D eigenvalue weighted by molar-refractivity contribution is 6.17. The lowest BCUT2D eigenvalue weighted by atomic mass is 10.5. The maximum Gasteiger partial charge on any atom is 0.0421 e. The molecule has 38 valence electrons. The molecule has 0 amide bonds. The molecule has 1 aliphatic carbocycles. The van der Waals surface area contributed by atoms with E-state index in [0.29, 0.717) is 0 Å². The molecule has 1 heteroatoms. The van der Waals surface area contributed by atoms with Crippen molar-refractivity contribution in [1.29, 1.82) is 0 Å². The van der Waals surface area contributed by atoms with E-state index in [1.807, 2.05) is 14.0 Å². The molecule has 0 spiro atoms. The number of nitrogens with zero attached hydrogens (tertiary/aromatic N) is 1. The largest absolute Gasteiger partial charge is 0.292 e.